The highest BCUT2D eigenvalue weighted by atomic mass is 35.5. The molecule has 0 unspecified atom stereocenters. The fourth-order valence-corrected chi connectivity index (χ4v) is 2.17. The van der Waals surface area contributed by atoms with Crippen molar-refractivity contribution in [3.63, 3.8) is 0 Å². The molecule has 21 heavy (non-hydrogen) atoms. The van der Waals surface area contributed by atoms with Crippen molar-refractivity contribution < 1.29 is 19.0 Å². The molecule has 0 spiro atoms. The second kappa shape index (κ2) is 9.66. The van der Waals surface area contributed by atoms with Gasteiger partial charge in [0, 0.05) is 33.0 Å². The van der Waals surface area contributed by atoms with E-state index in [0.717, 1.165) is 17.1 Å². The third-order valence-corrected chi connectivity index (χ3v) is 4.41. The second-order valence-corrected chi connectivity index (χ2v) is 13.2. The van der Waals surface area contributed by atoms with Gasteiger partial charge in [-0.1, -0.05) is 19.6 Å². The van der Waals surface area contributed by atoms with E-state index < -0.39 is 19.8 Å². The van der Waals surface area contributed by atoms with Gasteiger partial charge in [-0.2, -0.15) is 0 Å². The van der Waals surface area contributed by atoms with E-state index in [9.17, 15) is 4.79 Å². The molecule has 0 aliphatic rings. The molecular formula is C14H30ClNO4Si. The van der Waals surface area contributed by atoms with Crippen LogP contribution in [0.3, 0.4) is 0 Å². The standard InChI is InChI=1S/C14H30ClNO4Si/c1-14(2,3)20-13(17)16(15)8-7-9-18-12-19-10-11-21(4,5)6/h7-12H2,1-6H3. The van der Waals surface area contributed by atoms with Gasteiger partial charge in [-0.05, 0) is 33.2 Å². The molecule has 0 aromatic carbocycles. The predicted octanol–water partition coefficient (Wildman–Crippen LogP) is 4.10. The van der Waals surface area contributed by atoms with E-state index >= 15 is 0 Å². The molecule has 0 atom stereocenters. The Bertz CT molecular complexity index is 302. The third-order valence-electron chi connectivity index (χ3n) is 2.40. The second-order valence-electron chi connectivity index (χ2n) is 7.16. The van der Waals surface area contributed by atoms with Crippen molar-refractivity contribution >= 4 is 25.9 Å². The van der Waals surface area contributed by atoms with Crippen LogP contribution in [0.5, 0.6) is 0 Å². The SMILES string of the molecule is CC(C)(C)OC(=O)N(Cl)CCCOCOCC[Si](C)(C)C. The van der Waals surface area contributed by atoms with Crippen molar-refractivity contribution in [3.05, 3.63) is 0 Å². The lowest BCUT2D eigenvalue weighted by atomic mass is 10.2. The van der Waals surface area contributed by atoms with Gasteiger partial charge in [0.2, 0.25) is 0 Å². The fraction of sp³-hybridized carbons (Fsp3) is 0.929. The zero-order chi connectivity index (χ0) is 16.5. The number of nitrogens with zero attached hydrogens (tertiary/aromatic N) is 1. The van der Waals surface area contributed by atoms with Gasteiger partial charge in [-0.25, -0.2) is 9.21 Å². The molecule has 0 N–H and O–H groups in total. The van der Waals surface area contributed by atoms with E-state index in [2.05, 4.69) is 19.6 Å². The normalized spacial score (nSPS) is 12.3. The Kier molecular flexibility index (Phi) is 9.52. The summed E-state index contributed by atoms with van der Waals surface area (Å²) in [6.45, 7) is 14.2. The van der Waals surface area contributed by atoms with Crippen LogP contribution in [0.25, 0.3) is 0 Å². The maximum atomic E-state index is 11.6. The molecule has 0 aromatic rings. The Balaban J connectivity index is 3.52. The van der Waals surface area contributed by atoms with Gasteiger partial charge in [0.25, 0.3) is 0 Å². The van der Waals surface area contributed by atoms with Crippen molar-refractivity contribution in [2.24, 2.45) is 0 Å². The molecule has 0 aromatic heterocycles. The summed E-state index contributed by atoms with van der Waals surface area (Å²) in [5.74, 6) is 0. The number of rotatable bonds is 9. The van der Waals surface area contributed by atoms with E-state index in [-0.39, 0.29) is 0 Å². The summed E-state index contributed by atoms with van der Waals surface area (Å²) in [7, 11) is -1.04. The van der Waals surface area contributed by atoms with E-state index in [4.69, 9.17) is 26.0 Å². The molecule has 0 heterocycles. The number of carbonyl (C=O) groups is 1. The molecule has 1 amide bonds. The molecule has 0 radical (unpaired) electrons. The molecular weight excluding hydrogens is 310 g/mol. The first-order chi connectivity index (χ1) is 9.51. The Morgan fingerprint density at radius 2 is 1.71 bits per heavy atom. The fourth-order valence-electron chi connectivity index (χ4n) is 1.26. The van der Waals surface area contributed by atoms with Crippen LogP contribution in [0.15, 0.2) is 0 Å². The zero-order valence-electron chi connectivity index (χ0n) is 14.2. The highest BCUT2D eigenvalue weighted by Crippen LogP contribution is 2.11. The zero-order valence-corrected chi connectivity index (χ0v) is 16.0. The lowest BCUT2D eigenvalue weighted by molar-refractivity contribution is -0.0506. The molecule has 0 fully saturated rings. The Morgan fingerprint density at radius 3 is 2.24 bits per heavy atom. The number of hydrogen-bond acceptors (Lipinski definition) is 4. The van der Waals surface area contributed by atoms with E-state index in [1.54, 1.807) is 20.8 Å². The largest absolute Gasteiger partial charge is 0.443 e. The lowest BCUT2D eigenvalue weighted by Crippen LogP contribution is -2.32. The van der Waals surface area contributed by atoms with Crippen molar-refractivity contribution in [2.45, 2.75) is 58.5 Å². The number of carbonyl (C=O) groups excluding carboxylic acids is 1. The number of hydrogen-bond donors (Lipinski definition) is 0. The van der Waals surface area contributed by atoms with Crippen LogP contribution in [0, 0.1) is 0 Å². The summed E-state index contributed by atoms with van der Waals surface area (Å²) in [4.78, 5) is 11.6. The average Bonchev–Trinajstić information content (AvgIpc) is 2.28. The van der Waals surface area contributed by atoms with Crippen molar-refractivity contribution in [1.82, 2.24) is 4.42 Å². The maximum Gasteiger partial charge on any atom is 0.425 e. The third kappa shape index (κ3) is 14.4. The van der Waals surface area contributed by atoms with Crippen LogP contribution in [0.1, 0.15) is 27.2 Å². The first-order valence-electron chi connectivity index (χ1n) is 7.33. The predicted molar refractivity (Wildman–Crippen MR) is 88.3 cm³/mol. The van der Waals surface area contributed by atoms with Gasteiger partial charge >= 0.3 is 6.09 Å². The number of halogens is 1. The van der Waals surface area contributed by atoms with Gasteiger partial charge in [0.1, 0.15) is 12.4 Å². The molecule has 0 bridgehead atoms. The van der Waals surface area contributed by atoms with E-state index in [0.29, 0.717) is 26.4 Å². The highest BCUT2D eigenvalue weighted by molar-refractivity contribution is 6.76. The van der Waals surface area contributed by atoms with Gasteiger partial charge in [-0.15, -0.1) is 0 Å². The van der Waals surface area contributed by atoms with Crippen molar-refractivity contribution in [1.29, 1.82) is 0 Å². The summed E-state index contributed by atoms with van der Waals surface area (Å²) in [5.41, 5.74) is -0.537. The van der Waals surface area contributed by atoms with Crippen LogP contribution in [0.4, 0.5) is 4.79 Å². The summed E-state index contributed by atoms with van der Waals surface area (Å²) in [5, 5.41) is 0. The molecule has 0 saturated heterocycles. The number of amides is 1. The van der Waals surface area contributed by atoms with Crippen molar-refractivity contribution in [2.75, 3.05) is 26.6 Å². The van der Waals surface area contributed by atoms with Crippen LogP contribution in [-0.4, -0.2) is 50.7 Å². The molecule has 126 valence electrons. The number of ether oxygens (including phenoxy) is 3. The van der Waals surface area contributed by atoms with Crippen LogP contribution in [0.2, 0.25) is 25.7 Å². The van der Waals surface area contributed by atoms with Crippen LogP contribution >= 0.6 is 11.8 Å². The Labute approximate surface area is 135 Å². The van der Waals surface area contributed by atoms with E-state index in [1.807, 2.05) is 0 Å². The molecule has 0 rings (SSSR count). The topological polar surface area (TPSA) is 48.0 Å². The summed E-state index contributed by atoms with van der Waals surface area (Å²) >= 11 is 5.83. The lowest BCUT2D eigenvalue weighted by Gasteiger charge is -2.22. The summed E-state index contributed by atoms with van der Waals surface area (Å²) in [6, 6.07) is 1.13. The molecule has 0 aliphatic heterocycles. The highest BCUT2D eigenvalue weighted by Gasteiger charge is 2.20. The smallest absolute Gasteiger partial charge is 0.425 e. The molecule has 0 aliphatic carbocycles. The maximum absolute atomic E-state index is 11.6. The van der Waals surface area contributed by atoms with Gasteiger partial charge in [0.15, 0.2) is 0 Å². The van der Waals surface area contributed by atoms with Crippen LogP contribution < -0.4 is 0 Å². The van der Waals surface area contributed by atoms with Gasteiger partial charge in [-0.3, -0.25) is 0 Å². The van der Waals surface area contributed by atoms with Crippen molar-refractivity contribution in [3.8, 4) is 0 Å². The summed E-state index contributed by atoms with van der Waals surface area (Å²) in [6.07, 6.45) is 0.107. The molecule has 7 heteroatoms. The Morgan fingerprint density at radius 1 is 1.14 bits per heavy atom. The van der Waals surface area contributed by atoms with Crippen LogP contribution in [-0.2, 0) is 14.2 Å². The summed E-state index contributed by atoms with van der Waals surface area (Å²) < 4.78 is 16.9. The average molecular weight is 340 g/mol. The minimum Gasteiger partial charge on any atom is -0.443 e. The minimum atomic E-state index is -1.04. The van der Waals surface area contributed by atoms with E-state index in [1.165, 1.54) is 0 Å². The first kappa shape index (κ1) is 20.7. The van der Waals surface area contributed by atoms with Gasteiger partial charge < -0.3 is 14.2 Å². The molecule has 5 nitrogen and oxygen atoms in total. The Hall–Kier alpha value is -0.303. The monoisotopic (exact) mass is 339 g/mol. The van der Waals surface area contributed by atoms with Gasteiger partial charge in [0.05, 0.1) is 6.61 Å². The quantitative estimate of drug-likeness (QED) is 0.275. The first-order valence-corrected chi connectivity index (χ1v) is 11.4. The molecule has 0 saturated carbocycles. The minimum absolute atomic E-state index is 0.291.